The van der Waals surface area contributed by atoms with Gasteiger partial charge in [0.05, 0.1) is 25.8 Å². The first-order valence-electron chi connectivity index (χ1n) is 13.4. The van der Waals surface area contributed by atoms with Gasteiger partial charge in [-0.15, -0.1) is 0 Å². The second-order valence-electron chi connectivity index (χ2n) is 11.0. The first-order chi connectivity index (χ1) is 19.0. The zero-order chi connectivity index (χ0) is 29.2. The number of carboxylic acids is 1. The molecule has 0 saturated heterocycles. The van der Waals surface area contributed by atoms with Gasteiger partial charge in [0.15, 0.2) is 11.5 Å². The zero-order valence-corrected chi connectivity index (χ0v) is 24.4. The van der Waals surface area contributed by atoms with Gasteiger partial charge in [-0.1, -0.05) is 50.6 Å². The predicted octanol–water partition coefficient (Wildman–Crippen LogP) is 4.94. The molecule has 1 unspecified atom stereocenters. The van der Waals surface area contributed by atoms with Gasteiger partial charge in [0, 0.05) is 31.2 Å². The molecule has 0 aliphatic heterocycles. The molecule has 1 heterocycles. The lowest BCUT2D eigenvalue weighted by atomic mass is 10.0. The first kappa shape index (κ1) is 29.6. The Morgan fingerprint density at radius 1 is 1.18 bits per heavy atom. The van der Waals surface area contributed by atoms with Gasteiger partial charge >= 0.3 is 11.7 Å². The van der Waals surface area contributed by atoms with Gasteiger partial charge in [0.1, 0.15) is 6.61 Å². The molecule has 1 aliphatic rings. The van der Waals surface area contributed by atoms with Gasteiger partial charge in [-0.25, -0.2) is 4.79 Å². The van der Waals surface area contributed by atoms with E-state index in [0.717, 1.165) is 17.5 Å². The molecule has 0 bridgehead atoms. The highest BCUT2D eigenvalue weighted by molar-refractivity contribution is 6.30. The Kier molecular flexibility index (Phi) is 8.85. The predicted molar refractivity (Wildman–Crippen MR) is 153 cm³/mol. The van der Waals surface area contributed by atoms with Crippen molar-refractivity contribution in [3.8, 4) is 17.4 Å². The zero-order valence-electron chi connectivity index (χ0n) is 23.6. The number of aliphatic carboxylic acids is 1. The van der Waals surface area contributed by atoms with E-state index in [-0.39, 0.29) is 48.0 Å². The van der Waals surface area contributed by atoms with Crippen LogP contribution >= 0.6 is 11.6 Å². The van der Waals surface area contributed by atoms with Crippen molar-refractivity contribution in [1.82, 2.24) is 14.0 Å². The third kappa shape index (κ3) is 6.15. The molecule has 10 heteroatoms. The molecule has 1 aliphatic carbocycles. The van der Waals surface area contributed by atoms with E-state index in [2.05, 4.69) is 11.8 Å². The summed E-state index contributed by atoms with van der Waals surface area (Å²) in [6.07, 6.45) is 2.20. The molecular formula is C30H38ClN3O6. The number of methoxy groups -OCH3 is 1. The van der Waals surface area contributed by atoms with E-state index in [1.165, 1.54) is 15.3 Å². The average Bonchev–Trinajstić information content (AvgIpc) is 3.37. The van der Waals surface area contributed by atoms with Crippen LogP contribution in [0.3, 0.4) is 0 Å². The number of carboxylic acid groups (broad SMARTS) is 1. The standard InChI is InChI=1S/C30H38ClN3O6/c1-6-23(20-8-10-21(31)11-9-20)33(17-22-27(28(36)37)30(22,2)3)16-19-7-12-24(25(15-19)39-5)40-14-13-34-26(35)18-32(4)29(34)38/h7-12,15,18,22-23,27,35H,6,13-14,16-17H2,1-5H3,(H,36,37)/t22-,23?,27+/m0/s1. The topological polar surface area (TPSA) is 106 Å². The summed E-state index contributed by atoms with van der Waals surface area (Å²) in [5, 5.41) is 20.4. The number of imidazole rings is 1. The van der Waals surface area contributed by atoms with E-state index >= 15 is 0 Å². The number of aromatic hydroxyl groups is 1. The van der Waals surface area contributed by atoms with E-state index in [1.54, 1.807) is 14.2 Å². The number of hydrogen-bond donors (Lipinski definition) is 2. The van der Waals surface area contributed by atoms with Crippen LogP contribution in [0.2, 0.25) is 5.02 Å². The van der Waals surface area contributed by atoms with Crippen LogP contribution in [-0.2, 0) is 24.9 Å². The summed E-state index contributed by atoms with van der Waals surface area (Å²) in [6.45, 7) is 7.76. The Balaban J connectivity index is 1.54. The number of rotatable bonds is 13. The van der Waals surface area contributed by atoms with Crippen molar-refractivity contribution < 1.29 is 24.5 Å². The first-order valence-corrected chi connectivity index (χ1v) is 13.8. The van der Waals surface area contributed by atoms with Gasteiger partial charge in [-0.2, -0.15) is 0 Å². The minimum Gasteiger partial charge on any atom is -0.493 e. The molecule has 4 rings (SSSR count). The number of hydrogen-bond acceptors (Lipinski definition) is 6. The molecular weight excluding hydrogens is 534 g/mol. The van der Waals surface area contributed by atoms with Crippen LogP contribution in [0.5, 0.6) is 17.4 Å². The molecule has 0 spiro atoms. The van der Waals surface area contributed by atoms with Crippen molar-refractivity contribution >= 4 is 17.6 Å². The summed E-state index contributed by atoms with van der Waals surface area (Å²) in [4.78, 5) is 26.4. The molecule has 2 aromatic carbocycles. The number of carbonyl (C=O) groups is 1. The van der Waals surface area contributed by atoms with E-state index in [4.69, 9.17) is 21.1 Å². The Morgan fingerprint density at radius 3 is 2.42 bits per heavy atom. The second-order valence-corrected chi connectivity index (χ2v) is 11.5. The fraction of sp³-hybridized carbons (Fsp3) is 0.467. The Hall–Kier alpha value is -3.43. The number of halogens is 1. The van der Waals surface area contributed by atoms with Crippen molar-refractivity contribution in [3.63, 3.8) is 0 Å². The average molecular weight is 572 g/mol. The van der Waals surface area contributed by atoms with Crippen LogP contribution in [0.4, 0.5) is 0 Å². The van der Waals surface area contributed by atoms with Crippen molar-refractivity contribution in [2.24, 2.45) is 24.3 Å². The summed E-state index contributed by atoms with van der Waals surface area (Å²) < 4.78 is 14.1. The molecule has 1 saturated carbocycles. The number of nitrogens with zero attached hydrogens (tertiary/aromatic N) is 3. The third-order valence-electron chi connectivity index (χ3n) is 8.13. The van der Waals surface area contributed by atoms with Crippen LogP contribution in [0.1, 0.15) is 44.4 Å². The molecule has 1 fully saturated rings. The lowest BCUT2D eigenvalue weighted by Crippen LogP contribution is -2.31. The fourth-order valence-electron chi connectivity index (χ4n) is 5.73. The fourth-order valence-corrected chi connectivity index (χ4v) is 5.85. The Bertz CT molecular complexity index is 1400. The van der Waals surface area contributed by atoms with Crippen molar-refractivity contribution in [3.05, 3.63) is 75.3 Å². The lowest BCUT2D eigenvalue weighted by molar-refractivity contribution is -0.139. The highest BCUT2D eigenvalue weighted by Crippen LogP contribution is 2.59. The van der Waals surface area contributed by atoms with Gasteiger partial charge in [0.2, 0.25) is 5.88 Å². The monoisotopic (exact) mass is 571 g/mol. The largest absolute Gasteiger partial charge is 0.493 e. The van der Waals surface area contributed by atoms with E-state index < -0.39 is 5.97 Å². The van der Waals surface area contributed by atoms with Gasteiger partial charge in [0.25, 0.3) is 0 Å². The summed E-state index contributed by atoms with van der Waals surface area (Å²) in [5.41, 5.74) is 1.54. The highest BCUT2D eigenvalue weighted by atomic mass is 35.5. The second kappa shape index (κ2) is 12.0. The van der Waals surface area contributed by atoms with Crippen LogP contribution in [0, 0.1) is 17.3 Å². The summed E-state index contributed by atoms with van der Waals surface area (Å²) in [5.74, 6) is -0.122. The molecule has 9 nitrogen and oxygen atoms in total. The van der Waals surface area contributed by atoms with Crippen molar-refractivity contribution in [1.29, 1.82) is 0 Å². The Morgan fingerprint density at radius 2 is 1.88 bits per heavy atom. The number of aromatic nitrogens is 2. The third-order valence-corrected chi connectivity index (χ3v) is 8.39. The lowest BCUT2D eigenvalue weighted by Gasteiger charge is -2.32. The van der Waals surface area contributed by atoms with Crippen LogP contribution in [0.25, 0.3) is 0 Å². The van der Waals surface area contributed by atoms with E-state index in [0.29, 0.717) is 29.6 Å². The van der Waals surface area contributed by atoms with Crippen LogP contribution in [0.15, 0.2) is 53.5 Å². The molecule has 0 radical (unpaired) electrons. The van der Waals surface area contributed by atoms with Crippen molar-refractivity contribution in [2.75, 3.05) is 20.3 Å². The van der Waals surface area contributed by atoms with Crippen LogP contribution in [-0.4, -0.2) is 50.5 Å². The van der Waals surface area contributed by atoms with Gasteiger partial charge in [-0.3, -0.25) is 18.8 Å². The summed E-state index contributed by atoms with van der Waals surface area (Å²) >= 11 is 6.16. The number of benzene rings is 2. The maximum Gasteiger partial charge on any atom is 0.330 e. The summed E-state index contributed by atoms with van der Waals surface area (Å²) in [7, 11) is 3.15. The van der Waals surface area contributed by atoms with E-state index in [1.807, 2.05) is 56.3 Å². The van der Waals surface area contributed by atoms with E-state index in [9.17, 15) is 19.8 Å². The molecule has 2 N–H and O–H groups in total. The molecule has 3 atom stereocenters. The molecule has 3 aromatic rings. The smallest absolute Gasteiger partial charge is 0.330 e. The normalized spacial score (nSPS) is 18.5. The quantitative estimate of drug-likeness (QED) is 0.299. The van der Waals surface area contributed by atoms with Crippen molar-refractivity contribution in [2.45, 2.75) is 46.3 Å². The maximum absolute atomic E-state index is 12.1. The molecule has 1 aromatic heterocycles. The highest BCUT2D eigenvalue weighted by Gasteiger charge is 2.62. The molecule has 40 heavy (non-hydrogen) atoms. The minimum absolute atomic E-state index is 0.0358. The maximum atomic E-state index is 12.1. The molecule has 0 amide bonds. The van der Waals surface area contributed by atoms with Gasteiger partial charge < -0.3 is 19.7 Å². The van der Waals surface area contributed by atoms with Gasteiger partial charge in [-0.05, 0) is 53.1 Å². The number of aryl methyl sites for hydroxylation is 1. The molecule has 216 valence electrons. The SMILES string of the molecule is CCC(c1ccc(Cl)cc1)N(Cc1ccc(OCCn2c(O)cn(C)c2=O)c(OC)c1)C[C@H]1[C@H](C(=O)O)C1(C)C. The summed E-state index contributed by atoms with van der Waals surface area (Å²) in [6, 6.07) is 13.6. The number of ether oxygens (including phenoxy) is 2. The Labute approximate surface area is 239 Å². The van der Waals surface area contributed by atoms with Crippen LogP contribution < -0.4 is 15.2 Å². The minimum atomic E-state index is -0.747.